The Balaban J connectivity index is 1.68. The van der Waals surface area contributed by atoms with Crippen molar-refractivity contribution in [3.63, 3.8) is 0 Å². The zero-order valence-corrected chi connectivity index (χ0v) is 18.2. The molecule has 4 heterocycles. The van der Waals surface area contributed by atoms with E-state index in [0.717, 1.165) is 34.3 Å². The number of nitrogens with zero attached hydrogens (tertiary/aromatic N) is 7. The Morgan fingerprint density at radius 1 is 1.09 bits per heavy atom. The van der Waals surface area contributed by atoms with Gasteiger partial charge in [0.05, 0.1) is 32.1 Å². The molecule has 0 bridgehead atoms. The highest BCUT2D eigenvalue weighted by Crippen LogP contribution is 2.34. The third-order valence-electron chi connectivity index (χ3n) is 5.28. The number of benzene rings is 1. The Morgan fingerprint density at radius 2 is 1.97 bits per heavy atom. The van der Waals surface area contributed by atoms with Crippen LogP contribution in [-0.4, -0.2) is 55.4 Å². The molecule has 10 heteroatoms. The minimum atomic E-state index is 0.342. The molecule has 0 unspecified atom stereocenters. The monoisotopic (exact) mass is 431 g/mol. The van der Waals surface area contributed by atoms with E-state index in [4.69, 9.17) is 14.2 Å². The molecule has 0 radical (unpaired) electrons. The average Bonchev–Trinajstić information content (AvgIpc) is 3.47. The zero-order valence-electron chi connectivity index (χ0n) is 18.2. The van der Waals surface area contributed by atoms with E-state index in [1.807, 2.05) is 40.6 Å². The van der Waals surface area contributed by atoms with Gasteiger partial charge >= 0.3 is 0 Å². The first-order valence-corrected chi connectivity index (χ1v) is 9.88. The molecule has 0 saturated heterocycles. The van der Waals surface area contributed by atoms with Crippen molar-refractivity contribution in [2.45, 2.75) is 13.2 Å². The highest BCUT2D eigenvalue weighted by Gasteiger charge is 2.26. The molecule has 0 spiro atoms. The van der Waals surface area contributed by atoms with Crippen molar-refractivity contribution in [2.75, 3.05) is 21.3 Å². The second kappa shape index (κ2) is 7.86. The van der Waals surface area contributed by atoms with Crippen molar-refractivity contribution >= 4 is 0 Å². The number of fused-ring (bicyclic) bond motifs is 5. The summed E-state index contributed by atoms with van der Waals surface area (Å²) in [6.07, 6.45) is 3.59. The van der Waals surface area contributed by atoms with E-state index in [1.54, 1.807) is 32.3 Å². The lowest BCUT2D eigenvalue weighted by Crippen LogP contribution is -2.09. The largest absolute Gasteiger partial charge is 0.497 e. The summed E-state index contributed by atoms with van der Waals surface area (Å²) < 4.78 is 21.8. The molecule has 0 saturated carbocycles. The maximum atomic E-state index is 5.45. The SMILES string of the molecule is COCc1nnc2n1Cc1c(C#Cc3cn(C)nc3OC)ncn1-c1ccc(OC)cc1-2. The third kappa shape index (κ3) is 3.19. The Labute approximate surface area is 184 Å². The number of imidazole rings is 1. The molecule has 1 aliphatic heterocycles. The van der Waals surface area contributed by atoms with Crippen LogP contribution in [0.4, 0.5) is 0 Å². The van der Waals surface area contributed by atoms with Crippen LogP contribution in [0.15, 0.2) is 30.7 Å². The van der Waals surface area contributed by atoms with Gasteiger partial charge in [-0.3, -0.25) is 9.25 Å². The van der Waals surface area contributed by atoms with Gasteiger partial charge in [0.2, 0.25) is 5.88 Å². The highest BCUT2D eigenvalue weighted by molar-refractivity contribution is 5.71. The van der Waals surface area contributed by atoms with Crippen LogP contribution in [0, 0.1) is 11.8 Å². The standard InChI is InChI=1S/C22H21N7O3/c1-27-10-14(22(26-27)32-4)5-7-17-19-11-28-20(12-30-2)24-25-21(28)16-9-15(31-3)6-8-18(16)29(19)13-23-17/h6,8-10,13H,11-12H2,1-4H3. The summed E-state index contributed by atoms with van der Waals surface area (Å²) in [4.78, 5) is 4.60. The normalized spacial score (nSPS) is 11.6. The molecule has 1 aromatic carbocycles. The van der Waals surface area contributed by atoms with E-state index in [0.29, 0.717) is 30.3 Å². The molecular weight excluding hydrogens is 410 g/mol. The zero-order chi connectivity index (χ0) is 22.2. The first kappa shape index (κ1) is 19.8. The fraction of sp³-hybridized carbons (Fsp3) is 0.273. The van der Waals surface area contributed by atoms with Crippen molar-refractivity contribution in [3.8, 4) is 40.5 Å². The van der Waals surface area contributed by atoms with Gasteiger partial charge in [-0.2, -0.15) is 0 Å². The first-order valence-electron chi connectivity index (χ1n) is 9.88. The number of aromatic nitrogens is 7. The topological polar surface area (TPSA) is 94.0 Å². The lowest BCUT2D eigenvalue weighted by molar-refractivity contribution is 0.174. The summed E-state index contributed by atoms with van der Waals surface area (Å²) in [6, 6.07) is 5.85. The molecule has 0 atom stereocenters. The second-order valence-corrected chi connectivity index (χ2v) is 7.23. The highest BCUT2D eigenvalue weighted by atomic mass is 16.5. The number of ether oxygens (including phenoxy) is 3. The smallest absolute Gasteiger partial charge is 0.248 e. The molecule has 0 aliphatic carbocycles. The van der Waals surface area contributed by atoms with Crippen LogP contribution in [0.2, 0.25) is 0 Å². The van der Waals surface area contributed by atoms with E-state index in [2.05, 4.69) is 32.1 Å². The van der Waals surface area contributed by atoms with Crippen LogP contribution in [0.25, 0.3) is 17.1 Å². The van der Waals surface area contributed by atoms with Gasteiger partial charge in [0.25, 0.3) is 0 Å². The Bertz CT molecular complexity index is 1370. The fourth-order valence-corrected chi connectivity index (χ4v) is 3.79. The maximum absolute atomic E-state index is 5.45. The molecule has 10 nitrogen and oxygen atoms in total. The van der Waals surface area contributed by atoms with Gasteiger partial charge in [0, 0.05) is 25.9 Å². The maximum Gasteiger partial charge on any atom is 0.248 e. The summed E-state index contributed by atoms with van der Waals surface area (Å²) in [5, 5.41) is 13.0. The molecule has 32 heavy (non-hydrogen) atoms. The van der Waals surface area contributed by atoms with Gasteiger partial charge in [-0.05, 0) is 24.1 Å². The number of methoxy groups -OCH3 is 3. The van der Waals surface area contributed by atoms with Crippen LogP contribution < -0.4 is 9.47 Å². The molecule has 5 rings (SSSR count). The fourth-order valence-electron chi connectivity index (χ4n) is 3.79. The summed E-state index contributed by atoms with van der Waals surface area (Å²) in [7, 11) is 6.68. The number of hydrogen-bond acceptors (Lipinski definition) is 7. The summed E-state index contributed by atoms with van der Waals surface area (Å²) in [5.41, 5.74) is 4.09. The van der Waals surface area contributed by atoms with Crippen LogP contribution in [0.3, 0.4) is 0 Å². The van der Waals surface area contributed by atoms with Gasteiger partial charge < -0.3 is 18.8 Å². The van der Waals surface area contributed by atoms with Gasteiger partial charge in [0.1, 0.15) is 29.9 Å². The van der Waals surface area contributed by atoms with Crippen LogP contribution in [0.5, 0.6) is 11.6 Å². The molecule has 0 fully saturated rings. The quantitative estimate of drug-likeness (QED) is 0.401. The number of rotatable bonds is 4. The van der Waals surface area contributed by atoms with Gasteiger partial charge in [-0.1, -0.05) is 5.92 Å². The number of hydrogen-bond donors (Lipinski definition) is 0. The van der Waals surface area contributed by atoms with E-state index >= 15 is 0 Å². The van der Waals surface area contributed by atoms with Gasteiger partial charge in [-0.25, -0.2) is 4.98 Å². The molecule has 1 aliphatic rings. The molecular formula is C22H21N7O3. The molecule has 162 valence electrons. The molecule has 0 amide bonds. The van der Waals surface area contributed by atoms with Crippen LogP contribution in [-0.2, 0) is 24.9 Å². The minimum absolute atomic E-state index is 0.342. The van der Waals surface area contributed by atoms with Crippen molar-refractivity contribution in [1.82, 2.24) is 34.1 Å². The van der Waals surface area contributed by atoms with Gasteiger partial charge in [0.15, 0.2) is 11.6 Å². The lowest BCUT2D eigenvalue weighted by atomic mass is 10.1. The van der Waals surface area contributed by atoms with Crippen LogP contribution >= 0.6 is 0 Å². The Kier molecular flexibility index (Phi) is 4.88. The first-order chi connectivity index (χ1) is 15.6. The van der Waals surface area contributed by atoms with E-state index in [-0.39, 0.29) is 0 Å². The van der Waals surface area contributed by atoms with E-state index in [9.17, 15) is 0 Å². The summed E-state index contributed by atoms with van der Waals surface area (Å²) in [6.45, 7) is 0.834. The second-order valence-electron chi connectivity index (χ2n) is 7.23. The Morgan fingerprint density at radius 3 is 2.75 bits per heavy atom. The average molecular weight is 431 g/mol. The summed E-state index contributed by atoms with van der Waals surface area (Å²) >= 11 is 0. The van der Waals surface area contributed by atoms with Crippen molar-refractivity contribution in [3.05, 3.63) is 53.5 Å². The van der Waals surface area contributed by atoms with Crippen molar-refractivity contribution in [1.29, 1.82) is 0 Å². The molecule has 4 aromatic rings. The lowest BCUT2D eigenvalue weighted by Gasteiger charge is -2.09. The van der Waals surface area contributed by atoms with Crippen LogP contribution in [0.1, 0.15) is 22.8 Å². The predicted octanol–water partition coefficient (Wildman–Crippen LogP) is 1.79. The number of aryl methyl sites for hydroxylation is 1. The molecule has 3 aromatic heterocycles. The predicted molar refractivity (Wildman–Crippen MR) is 115 cm³/mol. The van der Waals surface area contributed by atoms with E-state index in [1.165, 1.54) is 0 Å². The Hall–Kier alpha value is -4.10. The van der Waals surface area contributed by atoms with Crippen molar-refractivity contribution < 1.29 is 14.2 Å². The van der Waals surface area contributed by atoms with E-state index < -0.39 is 0 Å². The van der Waals surface area contributed by atoms with Crippen molar-refractivity contribution in [2.24, 2.45) is 7.05 Å². The third-order valence-corrected chi connectivity index (χ3v) is 5.28. The van der Waals surface area contributed by atoms with Gasteiger partial charge in [-0.15, -0.1) is 15.3 Å². The summed E-state index contributed by atoms with van der Waals surface area (Å²) in [5.74, 6) is 9.00. The molecule has 0 N–H and O–H groups in total. The minimum Gasteiger partial charge on any atom is -0.497 e.